The second-order valence-electron chi connectivity index (χ2n) is 10.9. The number of aliphatic hydroxyl groups is 6. The standard InChI is InChI=1S/C13H20O5.2C7H12O3.C4H8O.Al.Li.4H/c1-5-17-13(15)12-10(16-4)6-8(2)7-11(12)18-9(3)14;2*8-4-5-1-2-6(9)3-7(5)10;1-2-4-5-3-1;;;;;;/h6,10-12H,5,7H2,1-4H3;2*1-2,5-10H,3-4H2;1-4H2;;;;;;/q;;;;;+1;;;;-1. The van der Waals surface area contributed by atoms with Crippen LogP contribution in [0.1, 0.15) is 54.3 Å². The van der Waals surface area contributed by atoms with Crippen molar-refractivity contribution < 1.29 is 79.5 Å². The third-order valence-electron chi connectivity index (χ3n) is 7.24. The Morgan fingerprint density at radius 1 is 0.933 bits per heavy atom. The summed E-state index contributed by atoms with van der Waals surface area (Å²) in [4.78, 5) is 23.0. The normalized spacial score (nSPS) is 31.4. The van der Waals surface area contributed by atoms with Gasteiger partial charge in [0, 0.05) is 58.3 Å². The predicted octanol–water partition coefficient (Wildman–Crippen LogP) is -3.25. The molecule has 0 saturated carbocycles. The van der Waals surface area contributed by atoms with Crippen LogP contribution in [0.25, 0.3) is 0 Å². The summed E-state index contributed by atoms with van der Waals surface area (Å²) in [6.45, 7) is 7.18. The third-order valence-corrected chi connectivity index (χ3v) is 7.24. The molecule has 9 unspecified atom stereocenters. The average molecular weight is 655 g/mol. The number of hydrogen-bond donors (Lipinski definition) is 6. The Morgan fingerprint density at radius 2 is 1.42 bits per heavy atom. The Labute approximate surface area is 291 Å². The molecule has 0 aromatic heterocycles. The van der Waals surface area contributed by atoms with E-state index in [9.17, 15) is 9.59 Å². The van der Waals surface area contributed by atoms with Gasteiger partial charge in [-0.1, -0.05) is 36.0 Å². The van der Waals surface area contributed by atoms with Crippen LogP contribution in [0.3, 0.4) is 0 Å². The van der Waals surface area contributed by atoms with Crippen molar-refractivity contribution in [1.29, 1.82) is 0 Å². The van der Waals surface area contributed by atoms with E-state index in [4.69, 9.17) is 49.6 Å². The van der Waals surface area contributed by atoms with Gasteiger partial charge in [0.25, 0.3) is 0 Å². The smallest absolute Gasteiger partial charge is 1.00 e. The summed E-state index contributed by atoms with van der Waals surface area (Å²) in [7, 11) is 1.52. The first-order valence-corrected chi connectivity index (χ1v) is 14.9. The second kappa shape index (κ2) is 26.0. The summed E-state index contributed by atoms with van der Waals surface area (Å²) in [5.74, 6) is -1.77. The number of methoxy groups -OCH3 is 1. The maximum atomic E-state index is 11.9. The van der Waals surface area contributed by atoms with E-state index in [0.29, 0.717) is 25.9 Å². The van der Waals surface area contributed by atoms with Crippen molar-refractivity contribution in [2.24, 2.45) is 17.8 Å². The number of ether oxygens (including phenoxy) is 4. The van der Waals surface area contributed by atoms with Gasteiger partial charge in [-0.05, 0) is 26.7 Å². The maximum Gasteiger partial charge on any atom is 1.00 e. The molecule has 6 N–H and O–H groups in total. The first-order valence-electron chi connectivity index (χ1n) is 14.9. The van der Waals surface area contributed by atoms with E-state index in [1.54, 1.807) is 31.2 Å². The van der Waals surface area contributed by atoms with Crippen molar-refractivity contribution >= 4 is 29.3 Å². The molecule has 0 bridgehead atoms. The van der Waals surface area contributed by atoms with Crippen LogP contribution < -0.4 is 18.9 Å². The van der Waals surface area contributed by atoms with Gasteiger partial charge in [0.15, 0.2) is 17.4 Å². The second-order valence-corrected chi connectivity index (χ2v) is 10.9. The molecule has 12 nitrogen and oxygen atoms in total. The van der Waals surface area contributed by atoms with Gasteiger partial charge in [-0.2, -0.15) is 0 Å². The topological polar surface area (TPSA) is 192 Å². The van der Waals surface area contributed by atoms with Crippen LogP contribution in [-0.4, -0.2) is 137 Å². The van der Waals surface area contributed by atoms with Gasteiger partial charge in [-0.25, -0.2) is 0 Å². The van der Waals surface area contributed by atoms with Crippen LogP contribution in [0.5, 0.6) is 0 Å². The molecule has 0 aromatic rings. The molecular formula is C31H56AlLiO12. The molecule has 0 amide bonds. The van der Waals surface area contributed by atoms with Crippen LogP contribution in [0.4, 0.5) is 0 Å². The average Bonchev–Trinajstić information content (AvgIpc) is 3.54. The minimum Gasteiger partial charge on any atom is -1.00 e. The van der Waals surface area contributed by atoms with Gasteiger partial charge in [0.2, 0.25) is 0 Å². The number of rotatable bonds is 6. The molecule has 45 heavy (non-hydrogen) atoms. The summed E-state index contributed by atoms with van der Waals surface area (Å²) in [6.07, 6.45) is 8.94. The van der Waals surface area contributed by atoms with E-state index in [0.717, 1.165) is 18.8 Å². The number of esters is 2. The molecule has 1 heterocycles. The van der Waals surface area contributed by atoms with Gasteiger partial charge >= 0.3 is 30.8 Å². The molecule has 0 radical (unpaired) electrons. The Morgan fingerprint density at radius 3 is 1.76 bits per heavy atom. The molecule has 1 fully saturated rings. The van der Waals surface area contributed by atoms with Gasteiger partial charge in [-0.15, -0.1) is 0 Å². The van der Waals surface area contributed by atoms with Crippen molar-refractivity contribution in [3.05, 3.63) is 36.0 Å². The minimum atomic E-state index is -0.595. The SMILES string of the molecule is C1CCOC1.CCOC(=O)C1C(OC)C=C(C)CC1OC(C)=O.OCC1C=CC(O)CC1O.OCC1C=CC(O)CC1O.[AlH3].[H-].[Li+]. The predicted molar refractivity (Wildman–Crippen MR) is 169 cm³/mol. The summed E-state index contributed by atoms with van der Waals surface area (Å²) in [5, 5.41) is 53.6. The third kappa shape index (κ3) is 18.2. The van der Waals surface area contributed by atoms with E-state index in [1.807, 2.05) is 13.0 Å². The van der Waals surface area contributed by atoms with Crippen LogP contribution >= 0.6 is 0 Å². The van der Waals surface area contributed by atoms with Crippen LogP contribution in [0, 0.1) is 17.8 Å². The van der Waals surface area contributed by atoms with E-state index in [-0.39, 0.29) is 68.7 Å². The first-order chi connectivity index (χ1) is 20.5. The Bertz CT molecular complexity index is 865. The molecule has 0 spiro atoms. The fraction of sp³-hybridized carbons (Fsp3) is 0.742. The van der Waals surface area contributed by atoms with E-state index < -0.39 is 48.5 Å². The molecule has 3 aliphatic carbocycles. The van der Waals surface area contributed by atoms with Crippen LogP contribution in [0.2, 0.25) is 0 Å². The zero-order valence-corrected chi connectivity index (χ0v) is 26.8. The number of aliphatic hydroxyl groups excluding tert-OH is 6. The van der Waals surface area contributed by atoms with Gasteiger partial charge in [0.1, 0.15) is 12.0 Å². The number of carbonyl (C=O) groups is 2. The molecule has 14 heteroatoms. The van der Waals surface area contributed by atoms with Crippen molar-refractivity contribution in [3.63, 3.8) is 0 Å². The summed E-state index contributed by atoms with van der Waals surface area (Å²) >= 11 is 0. The van der Waals surface area contributed by atoms with Crippen molar-refractivity contribution in [1.82, 2.24) is 0 Å². The fourth-order valence-corrected chi connectivity index (χ4v) is 4.85. The molecule has 4 aliphatic rings. The summed E-state index contributed by atoms with van der Waals surface area (Å²) < 4.78 is 20.5. The quantitative estimate of drug-likeness (QED) is 0.0954. The number of carbonyl (C=O) groups excluding carboxylic acids is 2. The molecular weight excluding hydrogens is 598 g/mol. The van der Waals surface area contributed by atoms with Gasteiger partial charge in [-0.3, -0.25) is 9.59 Å². The van der Waals surface area contributed by atoms with Crippen LogP contribution in [0.15, 0.2) is 36.0 Å². The molecule has 256 valence electrons. The zero-order chi connectivity index (χ0) is 32.4. The Balaban J connectivity index is -0.000000568. The maximum absolute atomic E-state index is 11.9. The van der Waals surface area contributed by atoms with Crippen molar-refractivity contribution in [3.8, 4) is 0 Å². The monoisotopic (exact) mass is 654 g/mol. The summed E-state index contributed by atoms with van der Waals surface area (Å²) in [5.41, 5.74) is 1.04. The molecule has 4 rings (SSSR count). The molecule has 1 saturated heterocycles. The van der Waals surface area contributed by atoms with Crippen molar-refractivity contribution in [2.75, 3.05) is 40.1 Å². The van der Waals surface area contributed by atoms with E-state index in [1.165, 1.54) is 26.9 Å². The summed E-state index contributed by atoms with van der Waals surface area (Å²) in [6, 6.07) is 0. The molecule has 0 aromatic carbocycles. The molecule has 1 aliphatic heterocycles. The largest absolute Gasteiger partial charge is 1.00 e. The van der Waals surface area contributed by atoms with E-state index in [2.05, 4.69) is 0 Å². The van der Waals surface area contributed by atoms with Crippen molar-refractivity contribution in [2.45, 2.75) is 89.5 Å². The van der Waals surface area contributed by atoms with Crippen LogP contribution in [-0.2, 0) is 28.5 Å². The fourth-order valence-electron chi connectivity index (χ4n) is 4.85. The van der Waals surface area contributed by atoms with Gasteiger partial charge < -0.3 is 51.0 Å². The van der Waals surface area contributed by atoms with Gasteiger partial charge in [0.05, 0.1) is 50.3 Å². The molecule has 9 atom stereocenters. The Hall–Kier alpha value is -1.03. The van der Waals surface area contributed by atoms with E-state index >= 15 is 0 Å². The zero-order valence-electron chi connectivity index (χ0n) is 27.8. The number of hydrogen-bond acceptors (Lipinski definition) is 12. The Kier molecular flexibility index (Phi) is 26.6. The first kappa shape index (κ1) is 46.1. The minimum absolute atomic E-state index is 0.